The molecular formula is C15H24FN. The van der Waals surface area contributed by atoms with Gasteiger partial charge in [0.25, 0.3) is 0 Å². The largest absolute Gasteiger partial charge is 0.385 e. The lowest BCUT2D eigenvalue weighted by Crippen LogP contribution is -2.01. The smallest absolute Gasteiger partial charge is 0.125 e. The average molecular weight is 237 g/mol. The molecule has 0 fully saturated rings. The maximum atomic E-state index is 12.9. The lowest BCUT2D eigenvalue weighted by atomic mass is 10.1. The number of hydrogen-bond donors (Lipinski definition) is 1. The first-order chi connectivity index (χ1) is 8.33. The molecule has 0 saturated heterocycles. The van der Waals surface area contributed by atoms with E-state index in [-0.39, 0.29) is 5.82 Å². The lowest BCUT2D eigenvalue weighted by molar-refractivity contribution is 0.596. The Morgan fingerprint density at radius 1 is 1.00 bits per heavy atom. The van der Waals surface area contributed by atoms with Crippen molar-refractivity contribution in [2.75, 3.05) is 11.9 Å². The summed E-state index contributed by atoms with van der Waals surface area (Å²) in [6.07, 6.45) is 9.16. The monoisotopic (exact) mass is 237 g/mol. The average Bonchev–Trinajstić information content (AvgIpc) is 2.33. The van der Waals surface area contributed by atoms with Crippen LogP contribution >= 0.6 is 0 Å². The first-order valence-electron chi connectivity index (χ1n) is 6.82. The normalized spacial score (nSPS) is 10.5. The Balaban J connectivity index is 1.97. The van der Waals surface area contributed by atoms with Crippen molar-refractivity contribution in [1.29, 1.82) is 0 Å². The summed E-state index contributed by atoms with van der Waals surface area (Å²) < 4.78 is 12.9. The van der Waals surface area contributed by atoms with E-state index < -0.39 is 0 Å². The molecule has 0 aliphatic heterocycles. The Bertz CT molecular complexity index is 299. The van der Waals surface area contributed by atoms with Crippen LogP contribution in [0.1, 0.15) is 51.9 Å². The molecule has 0 saturated carbocycles. The van der Waals surface area contributed by atoms with Gasteiger partial charge in [-0.05, 0) is 24.6 Å². The van der Waals surface area contributed by atoms with E-state index in [4.69, 9.17) is 0 Å². The summed E-state index contributed by atoms with van der Waals surface area (Å²) in [7, 11) is 0. The minimum atomic E-state index is -0.172. The van der Waals surface area contributed by atoms with E-state index in [1.807, 2.05) is 6.07 Å². The highest BCUT2D eigenvalue weighted by molar-refractivity contribution is 5.42. The van der Waals surface area contributed by atoms with Crippen LogP contribution in [0.15, 0.2) is 24.3 Å². The van der Waals surface area contributed by atoms with Crippen molar-refractivity contribution < 1.29 is 4.39 Å². The van der Waals surface area contributed by atoms with Gasteiger partial charge in [0.1, 0.15) is 5.82 Å². The van der Waals surface area contributed by atoms with Gasteiger partial charge < -0.3 is 5.32 Å². The summed E-state index contributed by atoms with van der Waals surface area (Å²) in [5.41, 5.74) is 0.885. The van der Waals surface area contributed by atoms with Crippen LogP contribution in [0.25, 0.3) is 0 Å². The minimum absolute atomic E-state index is 0.172. The quantitative estimate of drug-likeness (QED) is 0.597. The Labute approximate surface area is 104 Å². The molecule has 0 radical (unpaired) electrons. The maximum absolute atomic E-state index is 12.9. The molecule has 1 N–H and O–H groups in total. The van der Waals surface area contributed by atoms with Crippen LogP contribution in [0.2, 0.25) is 0 Å². The first-order valence-corrected chi connectivity index (χ1v) is 6.82. The molecular weight excluding hydrogens is 213 g/mol. The van der Waals surface area contributed by atoms with Gasteiger partial charge in [0.2, 0.25) is 0 Å². The maximum Gasteiger partial charge on any atom is 0.125 e. The van der Waals surface area contributed by atoms with Crippen molar-refractivity contribution in [3.8, 4) is 0 Å². The summed E-state index contributed by atoms with van der Waals surface area (Å²) in [6.45, 7) is 3.18. The number of benzene rings is 1. The summed E-state index contributed by atoms with van der Waals surface area (Å²) in [5, 5.41) is 3.25. The van der Waals surface area contributed by atoms with Gasteiger partial charge in [0, 0.05) is 12.2 Å². The van der Waals surface area contributed by atoms with E-state index in [0.29, 0.717) is 0 Å². The van der Waals surface area contributed by atoms with Crippen molar-refractivity contribution in [2.24, 2.45) is 0 Å². The van der Waals surface area contributed by atoms with Gasteiger partial charge in [-0.25, -0.2) is 4.39 Å². The van der Waals surface area contributed by atoms with Crippen LogP contribution in [0.3, 0.4) is 0 Å². The van der Waals surface area contributed by atoms with Crippen molar-refractivity contribution in [3.05, 3.63) is 30.1 Å². The fraction of sp³-hybridized carbons (Fsp3) is 0.600. The summed E-state index contributed by atoms with van der Waals surface area (Å²) in [5.74, 6) is -0.172. The van der Waals surface area contributed by atoms with Crippen LogP contribution < -0.4 is 5.32 Å². The fourth-order valence-corrected chi connectivity index (χ4v) is 1.91. The predicted octanol–water partition coefficient (Wildman–Crippen LogP) is 4.99. The molecule has 0 heterocycles. The second-order valence-electron chi connectivity index (χ2n) is 4.56. The zero-order valence-electron chi connectivity index (χ0n) is 10.8. The van der Waals surface area contributed by atoms with E-state index in [1.165, 1.54) is 51.0 Å². The summed E-state index contributed by atoms with van der Waals surface area (Å²) >= 11 is 0. The molecule has 0 aromatic heterocycles. The molecule has 0 unspecified atom stereocenters. The predicted molar refractivity (Wildman–Crippen MR) is 72.9 cm³/mol. The Kier molecular flexibility index (Phi) is 7.44. The first kappa shape index (κ1) is 14.0. The second kappa shape index (κ2) is 9.03. The van der Waals surface area contributed by atoms with E-state index in [1.54, 1.807) is 12.1 Å². The van der Waals surface area contributed by atoms with Crippen LogP contribution in [0, 0.1) is 5.82 Å². The van der Waals surface area contributed by atoms with Crippen LogP contribution in [0.4, 0.5) is 10.1 Å². The Hall–Kier alpha value is -1.05. The zero-order chi connectivity index (χ0) is 12.3. The molecule has 1 aromatic rings. The number of anilines is 1. The molecule has 0 atom stereocenters. The van der Waals surface area contributed by atoms with E-state index in [9.17, 15) is 4.39 Å². The third-order valence-electron chi connectivity index (χ3n) is 2.93. The number of rotatable bonds is 9. The highest BCUT2D eigenvalue weighted by Crippen LogP contribution is 2.10. The topological polar surface area (TPSA) is 12.0 Å². The Morgan fingerprint density at radius 2 is 1.71 bits per heavy atom. The van der Waals surface area contributed by atoms with E-state index in [2.05, 4.69) is 12.2 Å². The highest BCUT2D eigenvalue weighted by Gasteiger charge is 1.94. The van der Waals surface area contributed by atoms with Gasteiger partial charge in [-0.1, -0.05) is 51.5 Å². The van der Waals surface area contributed by atoms with E-state index >= 15 is 0 Å². The molecule has 1 aromatic carbocycles. The fourth-order valence-electron chi connectivity index (χ4n) is 1.91. The highest BCUT2D eigenvalue weighted by atomic mass is 19.1. The third-order valence-corrected chi connectivity index (χ3v) is 2.93. The molecule has 1 rings (SSSR count). The van der Waals surface area contributed by atoms with Gasteiger partial charge in [0.15, 0.2) is 0 Å². The van der Waals surface area contributed by atoms with Crippen molar-refractivity contribution in [1.82, 2.24) is 0 Å². The number of hydrogen-bond acceptors (Lipinski definition) is 1. The van der Waals surface area contributed by atoms with Gasteiger partial charge >= 0.3 is 0 Å². The van der Waals surface area contributed by atoms with Crippen LogP contribution in [0.5, 0.6) is 0 Å². The molecule has 96 valence electrons. The van der Waals surface area contributed by atoms with Gasteiger partial charge in [0.05, 0.1) is 0 Å². The number of unbranched alkanes of at least 4 members (excludes halogenated alkanes) is 6. The molecule has 1 nitrogen and oxygen atoms in total. The van der Waals surface area contributed by atoms with Crippen LogP contribution in [-0.2, 0) is 0 Å². The van der Waals surface area contributed by atoms with Gasteiger partial charge in [-0.3, -0.25) is 0 Å². The van der Waals surface area contributed by atoms with Gasteiger partial charge in [-0.2, -0.15) is 0 Å². The summed E-state index contributed by atoms with van der Waals surface area (Å²) in [4.78, 5) is 0. The van der Waals surface area contributed by atoms with Crippen molar-refractivity contribution in [3.63, 3.8) is 0 Å². The molecule has 2 heteroatoms. The minimum Gasteiger partial charge on any atom is -0.385 e. The number of halogens is 1. The van der Waals surface area contributed by atoms with Crippen LogP contribution in [-0.4, -0.2) is 6.54 Å². The third kappa shape index (κ3) is 6.98. The number of nitrogens with one attached hydrogen (secondary N) is 1. The van der Waals surface area contributed by atoms with Gasteiger partial charge in [-0.15, -0.1) is 0 Å². The van der Waals surface area contributed by atoms with E-state index in [0.717, 1.165) is 12.2 Å². The standard InChI is InChI=1S/C15H24FN/c1-2-3-4-5-6-7-8-12-17-15-11-9-10-14(16)13-15/h9-11,13,17H,2-8,12H2,1H3. The molecule has 17 heavy (non-hydrogen) atoms. The SMILES string of the molecule is CCCCCCCCCNc1cccc(F)c1. The molecule has 0 bridgehead atoms. The van der Waals surface area contributed by atoms with Crippen molar-refractivity contribution in [2.45, 2.75) is 51.9 Å². The molecule has 0 amide bonds. The molecule has 0 spiro atoms. The zero-order valence-corrected chi connectivity index (χ0v) is 10.8. The molecule has 0 aliphatic carbocycles. The van der Waals surface area contributed by atoms with Crippen molar-refractivity contribution >= 4 is 5.69 Å². The summed E-state index contributed by atoms with van der Waals surface area (Å²) in [6, 6.07) is 6.66. The second-order valence-corrected chi connectivity index (χ2v) is 4.56. The lowest BCUT2D eigenvalue weighted by Gasteiger charge is -2.06. The Morgan fingerprint density at radius 3 is 2.41 bits per heavy atom. The molecule has 0 aliphatic rings.